The Morgan fingerprint density at radius 3 is 2.63 bits per heavy atom. The van der Waals surface area contributed by atoms with Gasteiger partial charge in [-0.1, -0.05) is 38.2 Å². The number of nitrogens with zero attached hydrogens (tertiary/aromatic N) is 2. The highest BCUT2D eigenvalue weighted by Crippen LogP contribution is 2.23. The quantitative estimate of drug-likeness (QED) is 0.868. The van der Waals surface area contributed by atoms with Gasteiger partial charge in [-0.2, -0.15) is 0 Å². The third-order valence-corrected chi connectivity index (χ3v) is 2.84. The number of ether oxygens (including phenoxy) is 1. The zero-order chi connectivity index (χ0) is 13.8. The average molecular weight is 273 g/mol. The summed E-state index contributed by atoms with van der Waals surface area (Å²) in [6, 6.07) is 7.91. The minimum atomic E-state index is 0.223. The summed E-state index contributed by atoms with van der Waals surface area (Å²) in [5.74, 6) is 1.61. The van der Waals surface area contributed by atoms with E-state index in [0.29, 0.717) is 17.5 Å². The molecule has 2 rings (SSSR count). The lowest BCUT2D eigenvalue weighted by atomic mass is 10.0. The molecule has 98 valence electrons. The zero-order valence-corrected chi connectivity index (χ0v) is 11.6. The van der Waals surface area contributed by atoms with Crippen molar-refractivity contribution < 1.29 is 4.74 Å². The van der Waals surface area contributed by atoms with Crippen LogP contribution in [-0.2, 0) is 0 Å². The normalized spacial score (nSPS) is 10.5. The van der Waals surface area contributed by atoms with Gasteiger partial charge in [0.1, 0.15) is 16.4 Å². The Kier molecular flexibility index (Phi) is 4.06. The molecule has 0 aliphatic heterocycles. The molecule has 1 aromatic heterocycles. The summed E-state index contributed by atoms with van der Waals surface area (Å²) >= 11 is 4.82. The first-order chi connectivity index (χ1) is 9.06. The SMILES string of the molecule is CC(C)c1cccc(Oc2cnc(C(N)=S)cn2)c1. The first kappa shape index (κ1) is 13.4. The van der Waals surface area contributed by atoms with E-state index >= 15 is 0 Å². The molecule has 0 saturated heterocycles. The van der Waals surface area contributed by atoms with E-state index < -0.39 is 0 Å². The lowest BCUT2D eigenvalue weighted by molar-refractivity contribution is 0.459. The molecule has 0 amide bonds. The molecule has 1 aromatic carbocycles. The maximum absolute atomic E-state index is 5.65. The molecule has 5 heteroatoms. The van der Waals surface area contributed by atoms with Crippen LogP contribution in [0.2, 0.25) is 0 Å². The van der Waals surface area contributed by atoms with Crippen molar-refractivity contribution in [3.63, 3.8) is 0 Å². The highest BCUT2D eigenvalue weighted by molar-refractivity contribution is 7.80. The molecule has 1 heterocycles. The average Bonchev–Trinajstić information content (AvgIpc) is 2.39. The summed E-state index contributed by atoms with van der Waals surface area (Å²) < 4.78 is 5.65. The third kappa shape index (κ3) is 3.48. The Labute approximate surface area is 117 Å². The van der Waals surface area contributed by atoms with E-state index in [1.165, 1.54) is 18.0 Å². The molecule has 0 saturated carbocycles. The summed E-state index contributed by atoms with van der Waals surface area (Å²) in [6.07, 6.45) is 3.01. The molecule has 0 atom stereocenters. The molecule has 0 spiro atoms. The molecule has 4 nitrogen and oxygen atoms in total. The zero-order valence-electron chi connectivity index (χ0n) is 10.8. The number of rotatable bonds is 4. The van der Waals surface area contributed by atoms with Gasteiger partial charge < -0.3 is 10.5 Å². The van der Waals surface area contributed by atoms with Crippen molar-refractivity contribution in [3.05, 3.63) is 47.9 Å². The number of hydrogen-bond donors (Lipinski definition) is 1. The topological polar surface area (TPSA) is 61.0 Å². The third-order valence-electron chi connectivity index (χ3n) is 2.63. The van der Waals surface area contributed by atoms with E-state index in [9.17, 15) is 0 Å². The second-order valence-corrected chi connectivity index (χ2v) is 4.87. The first-order valence-electron chi connectivity index (χ1n) is 5.96. The van der Waals surface area contributed by atoms with Crippen LogP contribution < -0.4 is 10.5 Å². The smallest absolute Gasteiger partial charge is 0.237 e. The summed E-state index contributed by atoms with van der Waals surface area (Å²) in [7, 11) is 0. The number of thiocarbonyl (C=S) groups is 1. The van der Waals surface area contributed by atoms with Crippen molar-refractivity contribution in [2.24, 2.45) is 5.73 Å². The van der Waals surface area contributed by atoms with Crippen LogP contribution >= 0.6 is 12.2 Å². The molecular formula is C14H15N3OS. The van der Waals surface area contributed by atoms with Crippen LogP contribution in [0.1, 0.15) is 31.0 Å². The fourth-order valence-corrected chi connectivity index (χ4v) is 1.66. The van der Waals surface area contributed by atoms with Gasteiger partial charge in [-0.05, 0) is 23.6 Å². The van der Waals surface area contributed by atoms with E-state index in [-0.39, 0.29) is 4.99 Å². The predicted octanol–water partition coefficient (Wildman–Crippen LogP) is 3.03. The lowest BCUT2D eigenvalue weighted by Crippen LogP contribution is -2.11. The molecule has 0 radical (unpaired) electrons. The summed E-state index contributed by atoms with van der Waals surface area (Å²) in [5, 5.41) is 0. The standard InChI is InChI=1S/C14H15N3OS/c1-9(2)10-4-3-5-11(6-10)18-13-8-16-12(7-17-13)14(15)19/h3-9H,1-2H3,(H2,15,19). The van der Waals surface area contributed by atoms with Crippen molar-refractivity contribution >= 4 is 17.2 Å². The van der Waals surface area contributed by atoms with Crippen molar-refractivity contribution in [2.45, 2.75) is 19.8 Å². The van der Waals surface area contributed by atoms with Gasteiger partial charge in [0, 0.05) is 0 Å². The van der Waals surface area contributed by atoms with Crippen molar-refractivity contribution in [1.82, 2.24) is 9.97 Å². The molecular weight excluding hydrogens is 258 g/mol. The fraction of sp³-hybridized carbons (Fsp3) is 0.214. The van der Waals surface area contributed by atoms with Crippen LogP contribution in [0.25, 0.3) is 0 Å². The van der Waals surface area contributed by atoms with Crippen LogP contribution in [0.5, 0.6) is 11.6 Å². The number of hydrogen-bond acceptors (Lipinski definition) is 4. The predicted molar refractivity (Wildman–Crippen MR) is 78.5 cm³/mol. The van der Waals surface area contributed by atoms with Gasteiger partial charge in [-0.15, -0.1) is 0 Å². The van der Waals surface area contributed by atoms with E-state index in [1.54, 1.807) is 0 Å². The Hall–Kier alpha value is -2.01. The van der Waals surface area contributed by atoms with Crippen molar-refractivity contribution in [3.8, 4) is 11.6 Å². The Morgan fingerprint density at radius 1 is 1.26 bits per heavy atom. The molecule has 0 fully saturated rings. The van der Waals surface area contributed by atoms with Gasteiger partial charge in [-0.3, -0.25) is 0 Å². The van der Waals surface area contributed by atoms with E-state index in [4.69, 9.17) is 22.7 Å². The van der Waals surface area contributed by atoms with Gasteiger partial charge in [0.2, 0.25) is 5.88 Å². The molecule has 0 bridgehead atoms. The first-order valence-corrected chi connectivity index (χ1v) is 6.37. The second-order valence-electron chi connectivity index (χ2n) is 4.43. The van der Waals surface area contributed by atoms with Crippen LogP contribution in [0.15, 0.2) is 36.7 Å². The van der Waals surface area contributed by atoms with Gasteiger partial charge in [0.25, 0.3) is 0 Å². The van der Waals surface area contributed by atoms with Crippen molar-refractivity contribution in [1.29, 1.82) is 0 Å². The van der Waals surface area contributed by atoms with Gasteiger partial charge in [0.05, 0.1) is 12.4 Å². The number of benzene rings is 1. The molecule has 0 aliphatic rings. The maximum Gasteiger partial charge on any atom is 0.237 e. The second kappa shape index (κ2) is 5.75. The van der Waals surface area contributed by atoms with E-state index in [1.807, 2.05) is 18.2 Å². The van der Waals surface area contributed by atoms with Crippen LogP contribution in [-0.4, -0.2) is 15.0 Å². The monoisotopic (exact) mass is 273 g/mol. The summed E-state index contributed by atoms with van der Waals surface area (Å²) in [5.41, 5.74) is 7.16. The number of aromatic nitrogens is 2. The summed E-state index contributed by atoms with van der Waals surface area (Å²) in [4.78, 5) is 8.42. The highest BCUT2D eigenvalue weighted by Gasteiger charge is 2.04. The maximum atomic E-state index is 5.65. The fourth-order valence-electron chi connectivity index (χ4n) is 1.55. The van der Waals surface area contributed by atoms with Gasteiger partial charge >= 0.3 is 0 Å². The minimum Gasteiger partial charge on any atom is -0.437 e. The molecule has 2 N–H and O–H groups in total. The largest absolute Gasteiger partial charge is 0.437 e. The number of nitrogens with two attached hydrogens (primary N) is 1. The van der Waals surface area contributed by atoms with Crippen LogP contribution in [0.3, 0.4) is 0 Å². The molecule has 2 aromatic rings. The minimum absolute atomic E-state index is 0.223. The van der Waals surface area contributed by atoms with Gasteiger partial charge in [-0.25, -0.2) is 9.97 Å². The molecule has 19 heavy (non-hydrogen) atoms. The van der Waals surface area contributed by atoms with E-state index in [0.717, 1.165) is 5.75 Å². The molecule has 0 unspecified atom stereocenters. The highest BCUT2D eigenvalue weighted by atomic mass is 32.1. The molecule has 0 aliphatic carbocycles. The van der Waals surface area contributed by atoms with Gasteiger partial charge in [0.15, 0.2) is 0 Å². The van der Waals surface area contributed by atoms with Crippen molar-refractivity contribution in [2.75, 3.05) is 0 Å². The lowest BCUT2D eigenvalue weighted by Gasteiger charge is -2.09. The van der Waals surface area contributed by atoms with Crippen LogP contribution in [0, 0.1) is 0 Å². The Bertz CT molecular complexity index is 581. The summed E-state index contributed by atoms with van der Waals surface area (Å²) in [6.45, 7) is 4.27. The van der Waals surface area contributed by atoms with Crippen LogP contribution in [0.4, 0.5) is 0 Å². The Morgan fingerprint density at radius 2 is 2.05 bits per heavy atom. The Balaban J connectivity index is 2.16. The van der Waals surface area contributed by atoms with E-state index in [2.05, 4.69) is 29.9 Å².